The highest BCUT2D eigenvalue weighted by molar-refractivity contribution is 5.78. The van der Waals surface area contributed by atoms with Gasteiger partial charge in [0.15, 0.2) is 0 Å². The summed E-state index contributed by atoms with van der Waals surface area (Å²) in [7, 11) is 0. The summed E-state index contributed by atoms with van der Waals surface area (Å²) in [6.07, 6.45) is 51.4. The predicted molar refractivity (Wildman–Crippen MR) is 182 cm³/mol. The summed E-state index contributed by atoms with van der Waals surface area (Å²) >= 11 is 0. The lowest BCUT2D eigenvalue weighted by atomic mass is 10.0. The van der Waals surface area contributed by atoms with Crippen molar-refractivity contribution in [2.75, 3.05) is 0 Å². The van der Waals surface area contributed by atoms with Gasteiger partial charge >= 0.3 is 0 Å². The molecule has 0 aromatic carbocycles. The minimum atomic E-state index is 0.507. The highest BCUT2D eigenvalue weighted by Gasteiger charge is 2.02. The van der Waals surface area contributed by atoms with E-state index < -0.39 is 0 Å². The van der Waals surface area contributed by atoms with Crippen molar-refractivity contribution in [3.05, 3.63) is 24.3 Å². The molecule has 236 valence electrons. The fourth-order valence-corrected chi connectivity index (χ4v) is 5.62. The highest BCUT2D eigenvalue weighted by Crippen LogP contribution is 2.14. The molecule has 0 unspecified atom stereocenters. The molecular formula is C39H74O. The van der Waals surface area contributed by atoms with Gasteiger partial charge in [-0.1, -0.05) is 167 Å². The molecule has 1 nitrogen and oxygen atoms in total. The van der Waals surface area contributed by atoms with E-state index in [1.54, 1.807) is 0 Å². The van der Waals surface area contributed by atoms with E-state index in [9.17, 15) is 4.79 Å². The lowest BCUT2D eigenvalue weighted by Gasteiger charge is -2.03. The van der Waals surface area contributed by atoms with Crippen LogP contribution < -0.4 is 0 Å². The van der Waals surface area contributed by atoms with Gasteiger partial charge in [0.05, 0.1) is 0 Å². The quantitative estimate of drug-likeness (QED) is 0.0567. The van der Waals surface area contributed by atoms with E-state index >= 15 is 0 Å². The second-order valence-corrected chi connectivity index (χ2v) is 12.6. The van der Waals surface area contributed by atoms with Crippen LogP contribution in [0.15, 0.2) is 24.3 Å². The van der Waals surface area contributed by atoms with Gasteiger partial charge in [0.1, 0.15) is 5.78 Å². The second-order valence-electron chi connectivity index (χ2n) is 12.6. The van der Waals surface area contributed by atoms with Gasteiger partial charge in [-0.3, -0.25) is 4.79 Å². The molecule has 0 amide bonds. The molecule has 0 saturated carbocycles. The number of allylic oxidation sites excluding steroid dienone is 4. The average molecular weight is 559 g/mol. The Morgan fingerprint density at radius 3 is 0.825 bits per heavy atom. The summed E-state index contributed by atoms with van der Waals surface area (Å²) in [5, 5.41) is 0. The number of rotatable bonds is 34. The number of hydrogen-bond acceptors (Lipinski definition) is 1. The fourth-order valence-electron chi connectivity index (χ4n) is 5.62. The van der Waals surface area contributed by atoms with E-state index in [0.29, 0.717) is 5.78 Å². The molecule has 0 spiro atoms. The minimum absolute atomic E-state index is 0.507. The molecule has 0 fully saturated rings. The molecule has 0 aromatic heterocycles. The van der Waals surface area contributed by atoms with E-state index in [-0.39, 0.29) is 0 Å². The number of carbonyl (C=O) groups is 1. The van der Waals surface area contributed by atoms with Crippen LogP contribution in [0.3, 0.4) is 0 Å². The lowest BCUT2D eigenvalue weighted by Crippen LogP contribution is -1.97. The SMILES string of the molecule is CCCCCCCCCCC=CCCCCCCCC(=O)CCCCCCCC=CCCCCCCCCCC. The Kier molecular flexibility index (Phi) is 35.4. The first-order valence-electron chi connectivity index (χ1n) is 18.6. The first kappa shape index (κ1) is 39.1. The Morgan fingerprint density at radius 2 is 0.550 bits per heavy atom. The van der Waals surface area contributed by atoms with E-state index in [4.69, 9.17) is 0 Å². The number of ketones is 1. The summed E-state index contributed by atoms with van der Waals surface area (Å²) in [5.74, 6) is 0.507. The zero-order valence-electron chi connectivity index (χ0n) is 27.8. The van der Waals surface area contributed by atoms with Crippen molar-refractivity contribution in [2.45, 2.75) is 219 Å². The van der Waals surface area contributed by atoms with Crippen LogP contribution >= 0.6 is 0 Å². The Labute approximate surface area is 253 Å². The smallest absolute Gasteiger partial charge is 0.132 e. The van der Waals surface area contributed by atoms with Gasteiger partial charge in [-0.05, 0) is 64.2 Å². The molecule has 1 heteroatoms. The molecular weight excluding hydrogens is 484 g/mol. The third-order valence-corrected chi connectivity index (χ3v) is 8.43. The Morgan fingerprint density at radius 1 is 0.325 bits per heavy atom. The Hall–Kier alpha value is -0.850. The van der Waals surface area contributed by atoms with E-state index in [0.717, 1.165) is 25.7 Å². The van der Waals surface area contributed by atoms with Gasteiger partial charge in [0.25, 0.3) is 0 Å². The normalized spacial score (nSPS) is 11.8. The molecule has 0 heterocycles. The van der Waals surface area contributed by atoms with E-state index in [1.807, 2.05) is 0 Å². The van der Waals surface area contributed by atoms with Gasteiger partial charge in [-0.2, -0.15) is 0 Å². The zero-order valence-corrected chi connectivity index (χ0v) is 27.8. The number of hydrogen-bond donors (Lipinski definition) is 0. The highest BCUT2D eigenvalue weighted by atomic mass is 16.1. The van der Waals surface area contributed by atoms with Crippen molar-refractivity contribution < 1.29 is 4.79 Å². The molecule has 0 rings (SSSR count). The van der Waals surface area contributed by atoms with E-state index in [1.165, 1.54) is 180 Å². The van der Waals surface area contributed by atoms with Gasteiger partial charge in [0.2, 0.25) is 0 Å². The maximum atomic E-state index is 12.1. The monoisotopic (exact) mass is 559 g/mol. The summed E-state index contributed by atoms with van der Waals surface area (Å²) in [6, 6.07) is 0. The number of unbranched alkanes of at least 4 members (excludes halogenated alkanes) is 26. The van der Waals surface area contributed by atoms with Crippen LogP contribution in [0.4, 0.5) is 0 Å². The average Bonchev–Trinajstić information content (AvgIpc) is 2.96. The molecule has 0 bridgehead atoms. The first-order chi connectivity index (χ1) is 19.8. The van der Waals surface area contributed by atoms with Crippen LogP contribution in [0.5, 0.6) is 0 Å². The third-order valence-electron chi connectivity index (χ3n) is 8.43. The largest absolute Gasteiger partial charge is 0.300 e. The van der Waals surface area contributed by atoms with Crippen LogP contribution in [0.1, 0.15) is 219 Å². The maximum absolute atomic E-state index is 12.1. The first-order valence-corrected chi connectivity index (χ1v) is 18.6. The van der Waals surface area contributed by atoms with Gasteiger partial charge in [-0.15, -0.1) is 0 Å². The van der Waals surface area contributed by atoms with Crippen LogP contribution in [0.25, 0.3) is 0 Å². The molecule has 0 atom stereocenters. The van der Waals surface area contributed by atoms with Gasteiger partial charge in [0, 0.05) is 12.8 Å². The van der Waals surface area contributed by atoms with Gasteiger partial charge < -0.3 is 0 Å². The van der Waals surface area contributed by atoms with Gasteiger partial charge in [-0.25, -0.2) is 0 Å². The summed E-state index contributed by atoms with van der Waals surface area (Å²) < 4.78 is 0. The van der Waals surface area contributed by atoms with E-state index in [2.05, 4.69) is 38.2 Å². The molecule has 0 aromatic rings. The van der Waals surface area contributed by atoms with Crippen molar-refractivity contribution >= 4 is 5.78 Å². The fraction of sp³-hybridized carbons (Fsp3) is 0.872. The molecule has 0 N–H and O–H groups in total. The summed E-state index contributed by atoms with van der Waals surface area (Å²) in [5.41, 5.74) is 0. The number of Topliss-reactive ketones (excluding diaryl/α,β-unsaturated/α-hetero) is 1. The number of carbonyl (C=O) groups excluding carboxylic acids is 1. The summed E-state index contributed by atoms with van der Waals surface area (Å²) in [4.78, 5) is 12.1. The molecule has 0 aliphatic carbocycles. The minimum Gasteiger partial charge on any atom is -0.300 e. The van der Waals surface area contributed by atoms with Crippen LogP contribution in [-0.2, 0) is 4.79 Å². The predicted octanol–water partition coefficient (Wildman–Crippen LogP) is 14.2. The second kappa shape index (κ2) is 36.2. The zero-order chi connectivity index (χ0) is 29.0. The topological polar surface area (TPSA) is 17.1 Å². The molecule has 0 saturated heterocycles. The maximum Gasteiger partial charge on any atom is 0.132 e. The summed E-state index contributed by atoms with van der Waals surface area (Å²) in [6.45, 7) is 4.58. The van der Waals surface area contributed by atoms with Crippen LogP contribution in [0.2, 0.25) is 0 Å². The lowest BCUT2D eigenvalue weighted by molar-refractivity contribution is -0.119. The Bertz CT molecular complexity index is 485. The van der Waals surface area contributed by atoms with Crippen molar-refractivity contribution in [2.24, 2.45) is 0 Å². The molecule has 0 aliphatic rings. The van der Waals surface area contributed by atoms with Crippen LogP contribution in [-0.4, -0.2) is 5.78 Å². The van der Waals surface area contributed by atoms with Crippen LogP contribution in [0, 0.1) is 0 Å². The Balaban J connectivity index is 3.24. The van der Waals surface area contributed by atoms with Crippen molar-refractivity contribution in [3.8, 4) is 0 Å². The van der Waals surface area contributed by atoms with Crippen molar-refractivity contribution in [1.29, 1.82) is 0 Å². The van der Waals surface area contributed by atoms with Crippen molar-refractivity contribution in [3.63, 3.8) is 0 Å². The molecule has 0 aliphatic heterocycles. The van der Waals surface area contributed by atoms with Crippen molar-refractivity contribution in [1.82, 2.24) is 0 Å². The third kappa shape index (κ3) is 35.2. The molecule has 40 heavy (non-hydrogen) atoms. The standard InChI is InChI=1S/C39H74O/c1-3-5-7-9-11-13-15-17-19-21-23-25-27-29-31-33-35-37-39(40)38-36-34-32-30-28-26-24-22-20-18-16-14-12-10-8-6-4-2/h21-24H,3-20,25-38H2,1-2H3. The molecule has 0 radical (unpaired) electrons.